The highest BCUT2D eigenvalue weighted by Gasteiger charge is 2.44. The van der Waals surface area contributed by atoms with Crippen LogP contribution < -0.4 is 0 Å². The summed E-state index contributed by atoms with van der Waals surface area (Å²) in [5, 5.41) is 0. The van der Waals surface area contributed by atoms with Crippen LogP contribution >= 0.6 is 0 Å². The zero-order valence-corrected chi connectivity index (χ0v) is 20.0. The van der Waals surface area contributed by atoms with E-state index < -0.39 is 0 Å². The third-order valence-electron chi connectivity index (χ3n) is 6.99. The number of benzene rings is 1. The lowest BCUT2D eigenvalue weighted by Gasteiger charge is -2.18. The van der Waals surface area contributed by atoms with Crippen LogP contribution in [0.5, 0.6) is 0 Å². The highest BCUT2D eigenvalue weighted by Crippen LogP contribution is 2.43. The van der Waals surface area contributed by atoms with E-state index in [9.17, 15) is 4.79 Å². The summed E-state index contributed by atoms with van der Waals surface area (Å²) in [5.41, 5.74) is 7.90. The van der Waals surface area contributed by atoms with Crippen molar-refractivity contribution in [2.45, 2.75) is 124 Å². The van der Waals surface area contributed by atoms with E-state index in [2.05, 4.69) is 47.6 Å². The van der Waals surface area contributed by atoms with Gasteiger partial charge in [-0.25, -0.2) is 0 Å². The molecule has 2 nitrogen and oxygen atoms in total. The molecule has 0 aliphatic heterocycles. The van der Waals surface area contributed by atoms with E-state index in [-0.39, 0.29) is 5.60 Å². The molecule has 2 rings (SSSR count). The quantitative estimate of drug-likeness (QED) is 0.252. The molecular weight excluding hydrogens is 356 g/mol. The summed E-state index contributed by atoms with van der Waals surface area (Å²) >= 11 is 0. The van der Waals surface area contributed by atoms with Gasteiger partial charge >= 0.3 is 0 Å². The normalized spacial score (nSPS) is 15.4. The standard InChI is InChI=1S/C27H44O2/c1-21-22(2)24(13-9-7-8-11-15-26(4,5)6)19-25(23(21)3)14-10-12-16-27(17-18-27)29-20-28/h19-20H,7-18H2,1-6H3. The Morgan fingerprint density at radius 3 is 1.93 bits per heavy atom. The second-order valence-corrected chi connectivity index (χ2v) is 10.6. The third kappa shape index (κ3) is 7.79. The van der Waals surface area contributed by atoms with Gasteiger partial charge in [-0.15, -0.1) is 0 Å². The lowest BCUT2D eigenvalue weighted by Crippen LogP contribution is -2.12. The monoisotopic (exact) mass is 400 g/mol. The average Bonchev–Trinajstić information content (AvgIpc) is 3.41. The smallest absolute Gasteiger partial charge is 0.293 e. The molecule has 1 saturated carbocycles. The molecule has 1 fully saturated rings. The minimum atomic E-state index is -0.0991. The Hall–Kier alpha value is -1.31. The van der Waals surface area contributed by atoms with Gasteiger partial charge in [0.1, 0.15) is 5.60 Å². The number of rotatable bonds is 13. The summed E-state index contributed by atoms with van der Waals surface area (Å²) in [6, 6.07) is 2.49. The zero-order chi connectivity index (χ0) is 21.5. The van der Waals surface area contributed by atoms with E-state index >= 15 is 0 Å². The molecule has 0 unspecified atom stereocenters. The minimum absolute atomic E-state index is 0.0991. The molecule has 0 N–H and O–H groups in total. The predicted molar refractivity (Wildman–Crippen MR) is 124 cm³/mol. The van der Waals surface area contributed by atoms with Crippen molar-refractivity contribution in [3.05, 3.63) is 33.9 Å². The minimum Gasteiger partial charge on any atom is -0.461 e. The maximum absolute atomic E-state index is 10.6. The first kappa shape index (κ1) is 24.0. The van der Waals surface area contributed by atoms with E-state index in [1.54, 1.807) is 5.56 Å². The molecule has 0 saturated heterocycles. The van der Waals surface area contributed by atoms with Gasteiger partial charge in [0.2, 0.25) is 0 Å². The van der Waals surface area contributed by atoms with Crippen LogP contribution in [0.2, 0.25) is 0 Å². The van der Waals surface area contributed by atoms with Crippen molar-refractivity contribution in [3.63, 3.8) is 0 Å². The zero-order valence-electron chi connectivity index (χ0n) is 20.0. The lowest BCUT2D eigenvalue weighted by molar-refractivity contribution is -0.135. The topological polar surface area (TPSA) is 26.3 Å². The summed E-state index contributed by atoms with van der Waals surface area (Å²) in [7, 11) is 0. The van der Waals surface area contributed by atoms with Crippen LogP contribution in [0.4, 0.5) is 0 Å². The van der Waals surface area contributed by atoms with Gasteiger partial charge in [-0.3, -0.25) is 4.79 Å². The van der Waals surface area contributed by atoms with Crippen molar-refractivity contribution < 1.29 is 9.53 Å². The molecule has 0 amide bonds. The Labute approximate surface area is 179 Å². The Kier molecular flexibility index (Phi) is 8.79. The van der Waals surface area contributed by atoms with E-state index in [0.717, 1.165) is 32.1 Å². The summed E-state index contributed by atoms with van der Waals surface area (Å²) in [6.45, 7) is 14.5. The molecule has 0 bridgehead atoms. The van der Waals surface area contributed by atoms with Gasteiger partial charge < -0.3 is 4.74 Å². The fraction of sp³-hybridized carbons (Fsp3) is 0.741. The molecule has 0 atom stereocenters. The second kappa shape index (κ2) is 10.6. The summed E-state index contributed by atoms with van der Waals surface area (Å²) in [5.74, 6) is 0. The van der Waals surface area contributed by atoms with E-state index in [1.807, 2.05) is 0 Å². The van der Waals surface area contributed by atoms with E-state index in [4.69, 9.17) is 4.74 Å². The summed E-state index contributed by atoms with van der Waals surface area (Å²) in [6.07, 6.45) is 14.5. The number of carbonyl (C=O) groups excluding carboxylic acids is 1. The van der Waals surface area contributed by atoms with Crippen LogP contribution in [0.25, 0.3) is 0 Å². The molecule has 29 heavy (non-hydrogen) atoms. The van der Waals surface area contributed by atoms with Crippen molar-refractivity contribution in [3.8, 4) is 0 Å². The molecule has 1 aliphatic carbocycles. The van der Waals surface area contributed by atoms with Gasteiger partial charge in [-0.2, -0.15) is 0 Å². The molecule has 0 heterocycles. The van der Waals surface area contributed by atoms with Crippen molar-refractivity contribution in [1.29, 1.82) is 0 Å². The van der Waals surface area contributed by atoms with Crippen LogP contribution in [0.3, 0.4) is 0 Å². The first-order chi connectivity index (χ1) is 13.7. The van der Waals surface area contributed by atoms with Gasteiger partial charge in [-0.1, -0.05) is 46.1 Å². The second-order valence-electron chi connectivity index (χ2n) is 10.6. The Morgan fingerprint density at radius 2 is 1.41 bits per heavy atom. The number of hydrogen-bond donors (Lipinski definition) is 0. The highest BCUT2D eigenvalue weighted by atomic mass is 16.5. The van der Waals surface area contributed by atoms with Crippen molar-refractivity contribution >= 4 is 6.47 Å². The third-order valence-corrected chi connectivity index (χ3v) is 6.99. The number of unbranched alkanes of at least 4 members (excludes halogenated alkanes) is 4. The molecule has 0 aromatic heterocycles. The first-order valence-electron chi connectivity index (χ1n) is 11.9. The van der Waals surface area contributed by atoms with Gasteiger partial charge in [0, 0.05) is 0 Å². The van der Waals surface area contributed by atoms with Crippen LogP contribution in [-0.2, 0) is 22.4 Å². The molecule has 164 valence electrons. The number of hydrogen-bond acceptors (Lipinski definition) is 2. The Bertz CT molecular complexity index is 662. The van der Waals surface area contributed by atoms with Crippen molar-refractivity contribution in [2.75, 3.05) is 0 Å². The van der Waals surface area contributed by atoms with Crippen LogP contribution in [0.1, 0.15) is 113 Å². The van der Waals surface area contributed by atoms with E-state index in [0.29, 0.717) is 11.9 Å². The van der Waals surface area contributed by atoms with Gasteiger partial charge in [0.15, 0.2) is 0 Å². The largest absolute Gasteiger partial charge is 0.461 e. The Balaban J connectivity index is 1.81. The molecule has 1 aliphatic rings. The molecule has 0 spiro atoms. The number of carbonyl (C=O) groups is 1. The number of aryl methyl sites for hydroxylation is 2. The van der Waals surface area contributed by atoms with Crippen LogP contribution in [-0.4, -0.2) is 12.1 Å². The number of ether oxygens (including phenoxy) is 1. The average molecular weight is 401 g/mol. The SMILES string of the molecule is Cc1c(CCCCCCC(C)(C)C)cc(CCCCC2(OC=O)CC2)c(C)c1C. The molecule has 0 radical (unpaired) electrons. The van der Waals surface area contributed by atoms with Crippen molar-refractivity contribution in [2.24, 2.45) is 5.41 Å². The van der Waals surface area contributed by atoms with Crippen LogP contribution in [0.15, 0.2) is 6.07 Å². The van der Waals surface area contributed by atoms with Gasteiger partial charge in [-0.05, 0) is 112 Å². The van der Waals surface area contributed by atoms with Crippen LogP contribution in [0, 0.1) is 26.2 Å². The maximum Gasteiger partial charge on any atom is 0.293 e. The van der Waals surface area contributed by atoms with Crippen molar-refractivity contribution in [1.82, 2.24) is 0 Å². The fourth-order valence-electron chi connectivity index (χ4n) is 4.46. The molecular formula is C27H44O2. The summed E-state index contributed by atoms with van der Waals surface area (Å²) in [4.78, 5) is 10.6. The van der Waals surface area contributed by atoms with Gasteiger partial charge in [0.05, 0.1) is 0 Å². The molecule has 2 heteroatoms. The fourth-order valence-corrected chi connectivity index (χ4v) is 4.46. The van der Waals surface area contributed by atoms with E-state index in [1.165, 1.54) is 67.2 Å². The highest BCUT2D eigenvalue weighted by molar-refractivity contribution is 5.44. The predicted octanol–water partition coefficient (Wildman–Crippen LogP) is 7.57. The molecule has 1 aromatic carbocycles. The summed E-state index contributed by atoms with van der Waals surface area (Å²) < 4.78 is 5.28. The molecule has 1 aromatic rings. The lowest BCUT2D eigenvalue weighted by atomic mass is 9.88. The maximum atomic E-state index is 10.6. The van der Waals surface area contributed by atoms with Gasteiger partial charge in [0.25, 0.3) is 6.47 Å². The first-order valence-corrected chi connectivity index (χ1v) is 11.9. The Morgan fingerprint density at radius 1 is 0.862 bits per heavy atom.